The molecular weight excluding hydrogens is 477 g/mol. The molecule has 0 aliphatic heterocycles. The Labute approximate surface area is 181 Å². The van der Waals surface area contributed by atoms with Crippen molar-refractivity contribution in [2.45, 2.75) is 20.0 Å². The van der Waals surface area contributed by atoms with Crippen LogP contribution in [0.4, 0.5) is 14.5 Å². The molecule has 9 heteroatoms. The Morgan fingerprint density at radius 2 is 1.80 bits per heavy atom. The number of para-hydroxylation sites is 1. The third kappa shape index (κ3) is 4.94. The summed E-state index contributed by atoms with van der Waals surface area (Å²) in [5.41, 5.74) is 0.373. The number of hydrogen-bond donors (Lipinski definition) is 1. The number of pyridine rings is 1. The first kappa shape index (κ1) is 22.5. The predicted octanol–water partition coefficient (Wildman–Crippen LogP) is 6.63. The molecule has 0 spiro atoms. The number of benzene rings is 2. The third-order valence-corrected chi connectivity index (χ3v) is 7.75. The highest BCUT2D eigenvalue weighted by Gasteiger charge is 2.41. The molecule has 0 radical (unpaired) electrons. The number of anilines is 1. The molecule has 0 aliphatic carbocycles. The maximum Gasteiger partial charge on any atom is 0.389 e. The summed E-state index contributed by atoms with van der Waals surface area (Å²) >= 11 is 3.14. The van der Waals surface area contributed by atoms with Crippen molar-refractivity contribution < 1.29 is 22.7 Å². The van der Waals surface area contributed by atoms with E-state index in [1.54, 1.807) is 44.2 Å². The van der Waals surface area contributed by atoms with Crippen LogP contribution in [0, 0.1) is 0 Å². The van der Waals surface area contributed by atoms with Crippen LogP contribution in [0.2, 0.25) is 0 Å². The van der Waals surface area contributed by atoms with Crippen molar-refractivity contribution in [1.29, 1.82) is 0 Å². The zero-order valence-corrected chi connectivity index (χ0v) is 18.8. The molecule has 2 aromatic carbocycles. The summed E-state index contributed by atoms with van der Waals surface area (Å²) < 4.78 is 47.0. The van der Waals surface area contributed by atoms with Crippen LogP contribution in [-0.4, -0.2) is 23.2 Å². The van der Waals surface area contributed by atoms with Gasteiger partial charge in [0.25, 0.3) is 5.91 Å². The number of carbonyl (C=O) groups is 1. The number of hydrogen-bond acceptors (Lipinski definition) is 4. The molecular formula is C21H20BrF2N2O3P. The maximum atomic E-state index is 14.8. The monoisotopic (exact) mass is 496 g/mol. The lowest BCUT2D eigenvalue weighted by Crippen LogP contribution is -2.19. The van der Waals surface area contributed by atoms with E-state index in [4.69, 9.17) is 4.52 Å². The molecule has 30 heavy (non-hydrogen) atoms. The zero-order chi connectivity index (χ0) is 21.9. The summed E-state index contributed by atoms with van der Waals surface area (Å²) in [4.78, 5) is 16.7. The molecule has 3 rings (SSSR count). The maximum absolute atomic E-state index is 14.8. The smallest absolute Gasteiger partial charge is 0.321 e. The molecule has 0 saturated heterocycles. The van der Waals surface area contributed by atoms with E-state index < -0.39 is 24.9 Å². The van der Waals surface area contributed by atoms with Gasteiger partial charge in [-0.15, -0.1) is 0 Å². The minimum absolute atomic E-state index is 0.00630. The van der Waals surface area contributed by atoms with Crippen LogP contribution >= 0.6 is 23.3 Å². The van der Waals surface area contributed by atoms with E-state index >= 15 is 0 Å². The first-order valence-corrected chi connectivity index (χ1v) is 12.1. The van der Waals surface area contributed by atoms with Gasteiger partial charge in [0.05, 0.1) is 11.1 Å². The van der Waals surface area contributed by atoms with Gasteiger partial charge in [-0.3, -0.25) is 13.9 Å². The minimum Gasteiger partial charge on any atom is -0.321 e. The van der Waals surface area contributed by atoms with Gasteiger partial charge in [-0.1, -0.05) is 54.0 Å². The Bertz CT molecular complexity index is 1120. The van der Waals surface area contributed by atoms with E-state index in [0.717, 1.165) is 6.07 Å². The molecule has 5 nitrogen and oxygen atoms in total. The van der Waals surface area contributed by atoms with Gasteiger partial charge in [-0.25, -0.2) is 4.98 Å². The van der Waals surface area contributed by atoms with Crippen LogP contribution in [0.5, 0.6) is 0 Å². The van der Waals surface area contributed by atoms with E-state index in [9.17, 15) is 18.1 Å². The number of nitrogens with zero attached hydrogens (tertiary/aromatic N) is 1. The van der Waals surface area contributed by atoms with Crippen molar-refractivity contribution in [2.24, 2.45) is 0 Å². The molecule has 1 aromatic heterocycles. The zero-order valence-electron chi connectivity index (χ0n) is 16.4. The normalized spacial score (nSPS) is 12.2. The number of fused-ring (bicyclic) bond motifs is 1. The van der Waals surface area contributed by atoms with E-state index in [1.807, 2.05) is 6.07 Å². The second-order valence-electron chi connectivity index (χ2n) is 6.60. The van der Waals surface area contributed by atoms with Crippen molar-refractivity contribution in [1.82, 2.24) is 4.98 Å². The second kappa shape index (κ2) is 8.92. The average molecular weight is 497 g/mol. The lowest BCUT2D eigenvalue weighted by Gasteiger charge is -2.24. The highest BCUT2D eigenvalue weighted by molar-refractivity contribution is 9.10. The summed E-state index contributed by atoms with van der Waals surface area (Å²) in [5, 5.41) is 3.27. The fraction of sp³-hybridized carbons (Fsp3) is 0.238. The van der Waals surface area contributed by atoms with E-state index in [1.165, 1.54) is 12.1 Å². The topological polar surface area (TPSA) is 68.3 Å². The second-order valence-corrected chi connectivity index (χ2v) is 10.5. The van der Waals surface area contributed by atoms with Crippen LogP contribution in [0.1, 0.15) is 29.9 Å². The van der Waals surface area contributed by atoms with Gasteiger partial charge in [-0.05, 0) is 30.3 Å². The summed E-state index contributed by atoms with van der Waals surface area (Å²) in [6.07, 6.45) is -3.77. The highest BCUT2D eigenvalue weighted by atomic mass is 79.9. The fourth-order valence-corrected chi connectivity index (χ4v) is 4.63. The number of amides is 1. The first-order chi connectivity index (χ1) is 14.2. The van der Waals surface area contributed by atoms with Crippen molar-refractivity contribution in [3.63, 3.8) is 0 Å². The number of rotatable bonds is 7. The number of aromatic nitrogens is 1. The third-order valence-electron chi connectivity index (χ3n) is 4.60. The first-order valence-electron chi connectivity index (χ1n) is 9.31. The van der Waals surface area contributed by atoms with Gasteiger partial charge in [0.2, 0.25) is 7.37 Å². The fourth-order valence-electron chi connectivity index (χ4n) is 2.82. The van der Waals surface area contributed by atoms with Gasteiger partial charge in [0.15, 0.2) is 0 Å². The van der Waals surface area contributed by atoms with Crippen molar-refractivity contribution in [3.05, 3.63) is 70.3 Å². The Kier molecular flexibility index (Phi) is 6.70. The van der Waals surface area contributed by atoms with E-state index in [2.05, 4.69) is 26.2 Å². The Morgan fingerprint density at radius 3 is 2.43 bits per heavy atom. The van der Waals surface area contributed by atoms with Crippen molar-refractivity contribution in [2.75, 3.05) is 17.6 Å². The van der Waals surface area contributed by atoms with Crippen LogP contribution in [0.3, 0.4) is 0 Å². The predicted molar refractivity (Wildman–Crippen MR) is 118 cm³/mol. The molecule has 3 aromatic rings. The lowest BCUT2D eigenvalue weighted by molar-refractivity contribution is -0.184. The summed E-state index contributed by atoms with van der Waals surface area (Å²) in [6.45, 7) is 3.10. The Morgan fingerprint density at radius 1 is 1.13 bits per heavy atom. The molecule has 1 amide bonds. The van der Waals surface area contributed by atoms with Crippen molar-refractivity contribution in [3.8, 4) is 0 Å². The lowest BCUT2D eigenvalue weighted by atomic mass is 10.1. The van der Waals surface area contributed by atoms with Gasteiger partial charge < -0.3 is 5.32 Å². The summed E-state index contributed by atoms with van der Waals surface area (Å²) in [5.74, 6) is -0.461. The Balaban J connectivity index is 1.97. The van der Waals surface area contributed by atoms with Gasteiger partial charge in [0, 0.05) is 27.9 Å². The molecule has 0 unspecified atom stereocenters. The van der Waals surface area contributed by atoms with Gasteiger partial charge in [0.1, 0.15) is 5.69 Å². The number of alkyl halides is 2. The highest BCUT2D eigenvalue weighted by Crippen LogP contribution is 2.54. The number of halogens is 3. The summed E-state index contributed by atoms with van der Waals surface area (Å²) in [7, 11) is -3.47. The van der Waals surface area contributed by atoms with Gasteiger partial charge >= 0.3 is 6.11 Å². The van der Waals surface area contributed by atoms with Crippen LogP contribution in [0.25, 0.3) is 10.9 Å². The number of nitrogens with one attached hydrogen (secondary N) is 1. The summed E-state index contributed by atoms with van der Waals surface area (Å²) in [6, 6.07) is 14.6. The SMILES string of the molecule is CCP(=O)(CC)OC(F)(F)c1cc2nc(C(=O)Nc3ccccc3)ccc2cc1Br. The molecule has 1 heterocycles. The standard InChI is InChI=1S/C21H20BrF2N2O3P/c1-3-30(28,4-2)29-21(23,24)16-13-19-14(12-17(16)22)10-11-18(26-19)20(27)25-15-8-6-5-7-9-15/h5-13H,3-4H2,1-2H3,(H,25,27). The van der Waals surface area contributed by atoms with Crippen molar-refractivity contribution >= 4 is 45.8 Å². The molecule has 0 fully saturated rings. The number of carbonyl (C=O) groups excluding carboxylic acids is 1. The van der Waals surface area contributed by atoms with E-state index in [0.29, 0.717) is 11.1 Å². The molecule has 1 N–H and O–H groups in total. The average Bonchev–Trinajstić information content (AvgIpc) is 2.73. The van der Waals surface area contributed by atoms with Crippen LogP contribution in [-0.2, 0) is 15.2 Å². The van der Waals surface area contributed by atoms with Crippen LogP contribution < -0.4 is 5.32 Å². The molecule has 0 atom stereocenters. The largest absolute Gasteiger partial charge is 0.389 e. The molecule has 158 valence electrons. The molecule has 0 aliphatic rings. The van der Waals surface area contributed by atoms with Gasteiger partial charge in [-0.2, -0.15) is 8.78 Å². The minimum atomic E-state index is -3.78. The molecule has 0 saturated carbocycles. The van der Waals surface area contributed by atoms with Crippen LogP contribution in [0.15, 0.2) is 59.1 Å². The van der Waals surface area contributed by atoms with E-state index in [-0.39, 0.29) is 28.0 Å². The Hall–Kier alpha value is -2.15. The quantitative estimate of drug-likeness (QED) is 0.372. The molecule has 0 bridgehead atoms.